The number of aromatic nitrogens is 2. The van der Waals surface area contributed by atoms with E-state index in [1.165, 1.54) is 11.3 Å². The maximum absolute atomic E-state index is 5.67. The highest BCUT2D eigenvalue weighted by molar-refractivity contribution is 5.29. The van der Waals surface area contributed by atoms with Gasteiger partial charge in [-0.1, -0.05) is 12.1 Å². The second kappa shape index (κ2) is 5.53. The number of nitrogens with zero attached hydrogens (tertiary/aromatic N) is 1. The first-order chi connectivity index (χ1) is 8.24. The Morgan fingerprint density at radius 2 is 2.12 bits per heavy atom. The molecule has 0 saturated heterocycles. The molecule has 0 unspecified atom stereocenters. The Hall–Kier alpha value is -1.77. The summed E-state index contributed by atoms with van der Waals surface area (Å²) in [4.78, 5) is 0. The molecule has 0 aliphatic heterocycles. The summed E-state index contributed by atoms with van der Waals surface area (Å²) >= 11 is 0. The van der Waals surface area contributed by atoms with Gasteiger partial charge in [0.15, 0.2) is 0 Å². The maximum Gasteiger partial charge on any atom is 0.119 e. The van der Waals surface area contributed by atoms with E-state index < -0.39 is 0 Å². The highest BCUT2D eigenvalue weighted by atomic mass is 16.5. The monoisotopic (exact) mass is 230 g/mol. The molecule has 0 atom stereocenters. The van der Waals surface area contributed by atoms with Crippen LogP contribution in [0.3, 0.4) is 0 Å². The molecule has 0 aliphatic rings. The first kappa shape index (κ1) is 11.7. The van der Waals surface area contributed by atoms with E-state index in [0.29, 0.717) is 0 Å². The fraction of sp³-hybridized carbons (Fsp3) is 0.357. The molecule has 3 nitrogen and oxygen atoms in total. The van der Waals surface area contributed by atoms with Gasteiger partial charge in [-0.15, -0.1) is 0 Å². The van der Waals surface area contributed by atoms with Crippen molar-refractivity contribution in [1.29, 1.82) is 0 Å². The molecule has 90 valence electrons. The summed E-state index contributed by atoms with van der Waals surface area (Å²) in [5.41, 5.74) is 2.46. The summed E-state index contributed by atoms with van der Waals surface area (Å²) in [7, 11) is 0. The Kier molecular flexibility index (Phi) is 3.81. The molecule has 17 heavy (non-hydrogen) atoms. The van der Waals surface area contributed by atoms with Crippen LogP contribution in [0.25, 0.3) is 0 Å². The van der Waals surface area contributed by atoms with E-state index in [4.69, 9.17) is 4.74 Å². The van der Waals surface area contributed by atoms with Crippen molar-refractivity contribution >= 4 is 0 Å². The molecule has 1 N–H and O–H groups in total. The molecule has 2 rings (SSSR count). The molecule has 0 aliphatic carbocycles. The second-order valence-corrected chi connectivity index (χ2v) is 4.40. The number of aryl methyl sites for hydroxylation is 2. The lowest BCUT2D eigenvalue weighted by Crippen LogP contribution is -2.05. The third-order valence-corrected chi connectivity index (χ3v) is 2.51. The van der Waals surface area contributed by atoms with E-state index >= 15 is 0 Å². The zero-order valence-electron chi connectivity index (χ0n) is 10.3. The van der Waals surface area contributed by atoms with E-state index in [1.54, 1.807) is 6.20 Å². The van der Waals surface area contributed by atoms with Crippen LogP contribution in [0, 0.1) is 0 Å². The van der Waals surface area contributed by atoms with Crippen molar-refractivity contribution in [1.82, 2.24) is 10.2 Å². The number of hydrogen-bond acceptors (Lipinski definition) is 2. The summed E-state index contributed by atoms with van der Waals surface area (Å²) in [5, 5.41) is 6.91. The third kappa shape index (κ3) is 3.63. The summed E-state index contributed by atoms with van der Waals surface area (Å²) in [5.74, 6) is 0.946. The van der Waals surface area contributed by atoms with Crippen LogP contribution in [0.5, 0.6) is 5.75 Å². The zero-order valence-corrected chi connectivity index (χ0v) is 10.3. The Balaban J connectivity index is 1.96. The molecular formula is C14H18N2O. The molecule has 0 spiro atoms. The average Bonchev–Trinajstić information content (AvgIpc) is 2.79. The van der Waals surface area contributed by atoms with Crippen molar-refractivity contribution in [2.24, 2.45) is 0 Å². The largest absolute Gasteiger partial charge is 0.491 e. The number of H-pyrrole nitrogens is 1. The van der Waals surface area contributed by atoms with Gasteiger partial charge in [-0.3, -0.25) is 5.10 Å². The lowest BCUT2D eigenvalue weighted by molar-refractivity contribution is 0.242. The Bertz CT molecular complexity index is 449. The molecule has 1 aromatic heterocycles. The molecule has 0 fully saturated rings. The summed E-state index contributed by atoms with van der Waals surface area (Å²) in [6.45, 7) is 4.08. The van der Waals surface area contributed by atoms with E-state index in [-0.39, 0.29) is 6.10 Å². The SMILES string of the molecule is CC(C)Oc1cccc(CCc2ccn[nH]2)c1. The van der Waals surface area contributed by atoms with Gasteiger partial charge in [-0.05, 0) is 50.5 Å². The van der Waals surface area contributed by atoms with Gasteiger partial charge in [0.25, 0.3) is 0 Å². The molecular weight excluding hydrogens is 212 g/mol. The predicted octanol–water partition coefficient (Wildman–Crippen LogP) is 2.98. The van der Waals surface area contributed by atoms with Gasteiger partial charge in [-0.2, -0.15) is 5.10 Å². The minimum Gasteiger partial charge on any atom is -0.491 e. The number of benzene rings is 1. The van der Waals surface area contributed by atoms with Gasteiger partial charge < -0.3 is 4.74 Å². The summed E-state index contributed by atoms with van der Waals surface area (Å²) in [6, 6.07) is 10.3. The van der Waals surface area contributed by atoms with Crippen LogP contribution in [-0.2, 0) is 12.8 Å². The van der Waals surface area contributed by atoms with E-state index in [2.05, 4.69) is 22.3 Å². The molecule has 0 saturated carbocycles. The van der Waals surface area contributed by atoms with Crippen molar-refractivity contribution in [3.05, 3.63) is 47.8 Å². The number of ether oxygens (including phenoxy) is 1. The lowest BCUT2D eigenvalue weighted by Gasteiger charge is -2.10. The van der Waals surface area contributed by atoms with Crippen LogP contribution in [-0.4, -0.2) is 16.3 Å². The Morgan fingerprint density at radius 3 is 2.82 bits per heavy atom. The Morgan fingerprint density at radius 1 is 1.24 bits per heavy atom. The highest BCUT2D eigenvalue weighted by Crippen LogP contribution is 2.16. The van der Waals surface area contributed by atoms with Gasteiger partial charge in [0.2, 0.25) is 0 Å². The third-order valence-electron chi connectivity index (χ3n) is 2.51. The van der Waals surface area contributed by atoms with Gasteiger partial charge >= 0.3 is 0 Å². The van der Waals surface area contributed by atoms with Gasteiger partial charge in [-0.25, -0.2) is 0 Å². The maximum atomic E-state index is 5.67. The number of rotatable bonds is 5. The second-order valence-electron chi connectivity index (χ2n) is 4.40. The molecule has 1 heterocycles. The minimum absolute atomic E-state index is 0.220. The number of nitrogens with one attached hydrogen (secondary N) is 1. The molecule has 0 radical (unpaired) electrons. The Labute approximate surface area is 102 Å². The van der Waals surface area contributed by atoms with Crippen molar-refractivity contribution in [2.75, 3.05) is 0 Å². The fourth-order valence-electron chi connectivity index (χ4n) is 1.75. The van der Waals surface area contributed by atoms with Crippen molar-refractivity contribution < 1.29 is 4.74 Å². The lowest BCUT2D eigenvalue weighted by atomic mass is 10.1. The van der Waals surface area contributed by atoms with Crippen LogP contribution in [0.1, 0.15) is 25.1 Å². The first-order valence-corrected chi connectivity index (χ1v) is 5.98. The molecule has 2 aromatic rings. The van der Waals surface area contributed by atoms with E-state index in [1.807, 2.05) is 32.0 Å². The van der Waals surface area contributed by atoms with Crippen molar-refractivity contribution in [2.45, 2.75) is 32.8 Å². The molecule has 0 bridgehead atoms. The number of aromatic amines is 1. The molecule has 3 heteroatoms. The minimum atomic E-state index is 0.220. The van der Waals surface area contributed by atoms with Crippen LogP contribution < -0.4 is 4.74 Å². The van der Waals surface area contributed by atoms with Gasteiger partial charge in [0.05, 0.1) is 6.10 Å². The topological polar surface area (TPSA) is 37.9 Å². The summed E-state index contributed by atoms with van der Waals surface area (Å²) in [6.07, 6.45) is 3.98. The fourth-order valence-corrected chi connectivity index (χ4v) is 1.75. The molecule has 0 amide bonds. The van der Waals surface area contributed by atoms with Crippen LogP contribution in [0.2, 0.25) is 0 Å². The van der Waals surface area contributed by atoms with Crippen LogP contribution >= 0.6 is 0 Å². The van der Waals surface area contributed by atoms with Gasteiger partial charge in [0, 0.05) is 11.9 Å². The van der Waals surface area contributed by atoms with Crippen LogP contribution in [0.15, 0.2) is 36.5 Å². The highest BCUT2D eigenvalue weighted by Gasteiger charge is 2.00. The average molecular weight is 230 g/mol. The van der Waals surface area contributed by atoms with Crippen LogP contribution in [0.4, 0.5) is 0 Å². The number of hydrogen-bond donors (Lipinski definition) is 1. The van der Waals surface area contributed by atoms with Crippen molar-refractivity contribution in [3.8, 4) is 5.75 Å². The zero-order chi connectivity index (χ0) is 12.1. The summed E-state index contributed by atoms with van der Waals surface area (Å²) < 4.78 is 5.67. The standard InChI is InChI=1S/C14H18N2O/c1-11(2)17-14-5-3-4-12(10-14)6-7-13-8-9-15-16-13/h3-5,8-11H,6-7H2,1-2H3,(H,15,16). The van der Waals surface area contributed by atoms with E-state index in [0.717, 1.165) is 18.6 Å². The quantitative estimate of drug-likeness (QED) is 0.857. The predicted molar refractivity (Wildman–Crippen MR) is 68.2 cm³/mol. The molecule has 1 aromatic carbocycles. The first-order valence-electron chi connectivity index (χ1n) is 5.98. The van der Waals surface area contributed by atoms with Gasteiger partial charge in [0.1, 0.15) is 5.75 Å². The van der Waals surface area contributed by atoms with Crippen molar-refractivity contribution in [3.63, 3.8) is 0 Å². The van der Waals surface area contributed by atoms with E-state index in [9.17, 15) is 0 Å². The smallest absolute Gasteiger partial charge is 0.119 e. The normalized spacial score (nSPS) is 10.8.